The molecule has 1 aliphatic rings. The minimum absolute atomic E-state index is 0.103. The van der Waals surface area contributed by atoms with Crippen LogP contribution in [-0.4, -0.2) is 55.2 Å². The van der Waals surface area contributed by atoms with Crippen LogP contribution >= 0.6 is 0 Å². The summed E-state index contributed by atoms with van der Waals surface area (Å²) in [5.74, 6) is 0. The van der Waals surface area contributed by atoms with Crippen molar-refractivity contribution >= 4 is 8.80 Å². The molecular weight excluding hydrogens is 276 g/mol. The summed E-state index contributed by atoms with van der Waals surface area (Å²) in [5.41, 5.74) is -0.103. The molecule has 1 aliphatic heterocycles. The fraction of sp³-hybridized carbons (Fsp3) is 1.00. The van der Waals surface area contributed by atoms with Gasteiger partial charge in [0.05, 0.1) is 13.2 Å². The van der Waals surface area contributed by atoms with Gasteiger partial charge < -0.3 is 22.8 Å². The van der Waals surface area contributed by atoms with Crippen LogP contribution in [0.4, 0.5) is 0 Å². The van der Waals surface area contributed by atoms with Crippen molar-refractivity contribution in [3.63, 3.8) is 0 Å². The normalized spacial score (nSPS) is 20.1. The number of epoxide rings is 1. The topological polar surface area (TPSA) is 49.5 Å². The molecule has 0 saturated carbocycles. The van der Waals surface area contributed by atoms with E-state index in [1.165, 1.54) is 25.7 Å². The summed E-state index contributed by atoms with van der Waals surface area (Å²) in [6, 6.07) is 0. The van der Waals surface area contributed by atoms with Crippen LogP contribution < -0.4 is 0 Å². The number of hydrogen-bond acceptors (Lipinski definition) is 5. The van der Waals surface area contributed by atoms with E-state index < -0.39 is 8.80 Å². The first-order valence-electron chi connectivity index (χ1n) is 7.61. The molecule has 0 bridgehead atoms. The molecule has 20 heavy (non-hydrogen) atoms. The maximum absolute atomic E-state index is 5.97. The molecule has 0 spiro atoms. The van der Waals surface area contributed by atoms with E-state index in [4.69, 9.17) is 22.8 Å². The Bertz CT molecular complexity index is 235. The van der Waals surface area contributed by atoms with E-state index in [2.05, 4.69) is 6.92 Å². The zero-order chi connectivity index (χ0) is 14.8. The van der Waals surface area contributed by atoms with Crippen molar-refractivity contribution in [3.8, 4) is 0 Å². The lowest BCUT2D eigenvalue weighted by Gasteiger charge is -2.32. The Kier molecular flexibility index (Phi) is 8.91. The second kappa shape index (κ2) is 9.86. The summed E-state index contributed by atoms with van der Waals surface area (Å²) >= 11 is 0. The number of hydrogen-bond donors (Lipinski definition) is 0. The Morgan fingerprint density at radius 1 is 1.05 bits per heavy atom. The van der Waals surface area contributed by atoms with E-state index in [0.29, 0.717) is 6.61 Å². The molecule has 1 heterocycles. The summed E-state index contributed by atoms with van der Waals surface area (Å²) in [5, 5.41) is 0. The highest BCUT2D eigenvalue weighted by molar-refractivity contribution is 6.62. The van der Waals surface area contributed by atoms with Crippen molar-refractivity contribution in [1.82, 2.24) is 0 Å². The van der Waals surface area contributed by atoms with E-state index in [-0.39, 0.29) is 11.8 Å². The highest BCUT2D eigenvalue weighted by Crippen LogP contribution is 2.23. The van der Waals surface area contributed by atoms with Crippen LogP contribution in [0, 0.1) is 0 Å². The van der Waals surface area contributed by atoms with Gasteiger partial charge in [-0.1, -0.05) is 39.0 Å². The van der Waals surface area contributed by atoms with E-state index in [9.17, 15) is 0 Å². The van der Waals surface area contributed by atoms with Crippen molar-refractivity contribution in [2.75, 3.05) is 34.5 Å². The van der Waals surface area contributed by atoms with Gasteiger partial charge in [0.15, 0.2) is 0 Å². The van der Waals surface area contributed by atoms with Gasteiger partial charge >= 0.3 is 8.80 Å². The van der Waals surface area contributed by atoms with Crippen LogP contribution in [0.1, 0.15) is 45.4 Å². The molecule has 0 aliphatic carbocycles. The fourth-order valence-corrected chi connectivity index (χ4v) is 4.47. The molecule has 6 heteroatoms. The summed E-state index contributed by atoms with van der Waals surface area (Å²) < 4.78 is 27.8. The van der Waals surface area contributed by atoms with Crippen molar-refractivity contribution in [1.29, 1.82) is 0 Å². The maximum Gasteiger partial charge on any atom is 0.530 e. The molecule has 0 radical (unpaired) electrons. The van der Waals surface area contributed by atoms with Crippen LogP contribution in [0.3, 0.4) is 0 Å². The second-order valence-corrected chi connectivity index (χ2v) is 8.27. The first-order valence-corrected chi connectivity index (χ1v) is 9.41. The molecule has 1 rings (SSSR count). The average Bonchev–Trinajstić information content (AvgIpc) is 3.30. The zero-order valence-electron chi connectivity index (χ0n) is 13.4. The lowest BCUT2D eigenvalue weighted by Crippen LogP contribution is -2.55. The first-order chi connectivity index (χ1) is 9.72. The van der Waals surface area contributed by atoms with Crippen molar-refractivity contribution in [2.24, 2.45) is 0 Å². The standard InChI is InChI=1S/C14H30O5Si/c1-5-6-7-8-9-10-14(19-12-13-11-18-13)20(15-2,16-3)17-4/h13-14H,5-12H2,1-4H3. The van der Waals surface area contributed by atoms with Crippen LogP contribution in [0.25, 0.3) is 0 Å². The van der Waals surface area contributed by atoms with Crippen LogP contribution in [0.5, 0.6) is 0 Å². The van der Waals surface area contributed by atoms with Crippen LogP contribution in [0.2, 0.25) is 0 Å². The average molecular weight is 306 g/mol. The third-order valence-corrected chi connectivity index (χ3v) is 6.65. The van der Waals surface area contributed by atoms with Gasteiger partial charge in [0.2, 0.25) is 0 Å². The molecule has 120 valence electrons. The van der Waals surface area contributed by atoms with Crippen LogP contribution in [-0.2, 0) is 22.8 Å². The van der Waals surface area contributed by atoms with Gasteiger partial charge in [0.25, 0.3) is 0 Å². The highest BCUT2D eigenvalue weighted by Gasteiger charge is 2.48. The Morgan fingerprint density at radius 3 is 2.15 bits per heavy atom. The molecule has 0 N–H and O–H groups in total. The second-order valence-electron chi connectivity index (χ2n) is 5.20. The SMILES string of the molecule is CCCCCCCC(OCC1CO1)[Si](OC)(OC)OC. The Labute approximate surface area is 124 Å². The number of rotatable bonds is 13. The monoisotopic (exact) mass is 306 g/mol. The van der Waals surface area contributed by atoms with Crippen molar-refractivity contribution in [3.05, 3.63) is 0 Å². The predicted octanol–water partition coefficient (Wildman–Crippen LogP) is 2.55. The Morgan fingerprint density at radius 2 is 1.65 bits per heavy atom. The zero-order valence-corrected chi connectivity index (χ0v) is 14.4. The molecule has 2 atom stereocenters. The maximum atomic E-state index is 5.97. The largest absolute Gasteiger partial charge is 0.530 e. The lowest BCUT2D eigenvalue weighted by atomic mass is 10.1. The van der Waals surface area contributed by atoms with Gasteiger partial charge in [-0.05, 0) is 6.42 Å². The quantitative estimate of drug-likeness (QED) is 0.297. The smallest absolute Gasteiger partial charge is 0.375 e. The van der Waals surface area contributed by atoms with E-state index >= 15 is 0 Å². The summed E-state index contributed by atoms with van der Waals surface area (Å²) in [7, 11) is 2.19. The molecule has 0 amide bonds. The van der Waals surface area contributed by atoms with Gasteiger partial charge in [-0.25, -0.2) is 0 Å². The summed E-state index contributed by atoms with van der Waals surface area (Å²) in [6.07, 6.45) is 7.31. The minimum Gasteiger partial charge on any atom is -0.375 e. The first kappa shape index (κ1) is 18.1. The molecular formula is C14H30O5Si. The Balaban J connectivity index is 2.43. The molecule has 0 aromatic rings. The number of unbranched alkanes of at least 4 members (excludes halogenated alkanes) is 4. The minimum atomic E-state index is -2.73. The van der Waals surface area contributed by atoms with E-state index in [1.54, 1.807) is 21.3 Å². The summed E-state index contributed by atoms with van der Waals surface area (Å²) in [6.45, 7) is 3.62. The van der Waals surface area contributed by atoms with Gasteiger partial charge in [-0.15, -0.1) is 0 Å². The lowest BCUT2D eigenvalue weighted by molar-refractivity contribution is 0.00344. The Hall–Kier alpha value is 0.0169. The van der Waals surface area contributed by atoms with Crippen molar-refractivity contribution < 1.29 is 22.8 Å². The van der Waals surface area contributed by atoms with Gasteiger partial charge in [0, 0.05) is 21.3 Å². The third-order valence-electron chi connectivity index (χ3n) is 3.70. The molecule has 1 saturated heterocycles. The summed E-state index contributed by atoms with van der Waals surface area (Å²) in [4.78, 5) is 0. The third kappa shape index (κ3) is 5.79. The molecule has 1 fully saturated rings. The van der Waals surface area contributed by atoms with E-state index in [1.807, 2.05) is 0 Å². The fourth-order valence-electron chi connectivity index (χ4n) is 2.33. The molecule has 5 nitrogen and oxygen atoms in total. The van der Waals surface area contributed by atoms with Crippen LogP contribution in [0.15, 0.2) is 0 Å². The van der Waals surface area contributed by atoms with Gasteiger partial charge in [-0.3, -0.25) is 0 Å². The van der Waals surface area contributed by atoms with E-state index in [0.717, 1.165) is 19.4 Å². The number of ether oxygens (including phenoxy) is 2. The molecule has 0 aromatic heterocycles. The van der Waals surface area contributed by atoms with Crippen molar-refractivity contribution in [2.45, 2.75) is 57.3 Å². The van der Waals surface area contributed by atoms with Gasteiger partial charge in [0.1, 0.15) is 11.8 Å². The predicted molar refractivity (Wildman–Crippen MR) is 79.6 cm³/mol. The molecule has 2 unspecified atom stereocenters. The highest BCUT2D eigenvalue weighted by atomic mass is 28.4. The molecule has 0 aromatic carbocycles. The van der Waals surface area contributed by atoms with Gasteiger partial charge in [-0.2, -0.15) is 0 Å².